The molecule has 0 bridgehead atoms. The zero-order valence-corrected chi connectivity index (χ0v) is 12.2. The zero-order valence-electron chi connectivity index (χ0n) is 11.3. The molecule has 0 saturated carbocycles. The van der Waals surface area contributed by atoms with Crippen LogP contribution in [0.1, 0.15) is 5.56 Å². The number of nitrogens with one attached hydrogen (secondary N) is 1. The summed E-state index contributed by atoms with van der Waals surface area (Å²) in [7, 11) is 3.71. The van der Waals surface area contributed by atoms with Crippen LogP contribution in [-0.4, -0.2) is 55.8 Å². The van der Waals surface area contributed by atoms with Crippen LogP contribution in [-0.2, 0) is 11.3 Å². The lowest BCUT2D eigenvalue weighted by Gasteiger charge is -2.16. The third-order valence-corrected chi connectivity index (χ3v) is 3.07. The van der Waals surface area contributed by atoms with Gasteiger partial charge in [-0.1, -0.05) is 0 Å². The third kappa shape index (κ3) is 5.66. The molecule has 1 aromatic rings. The SMILES string of the molecule is COCCNCc1cnc(N(C)CCSC)nc1. The lowest BCUT2D eigenvalue weighted by Crippen LogP contribution is -2.23. The van der Waals surface area contributed by atoms with E-state index >= 15 is 0 Å². The third-order valence-electron chi connectivity index (χ3n) is 2.48. The molecular weight excluding hydrogens is 248 g/mol. The highest BCUT2D eigenvalue weighted by atomic mass is 32.2. The van der Waals surface area contributed by atoms with Crippen LogP contribution in [0.15, 0.2) is 12.4 Å². The minimum absolute atomic E-state index is 0.719. The molecule has 0 saturated heterocycles. The molecule has 5 nitrogen and oxygen atoms in total. The van der Waals surface area contributed by atoms with Gasteiger partial charge in [0.05, 0.1) is 6.61 Å². The molecule has 0 spiro atoms. The Kier molecular flexibility index (Phi) is 7.71. The smallest absolute Gasteiger partial charge is 0.225 e. The van der Waals surface area contributed by atoms with Crippen LogP contribution < -0.4 is 10.2 Å². The number of methoxy groups -OCH3 is 1. The first-order chi connectivity index (χ1) is 8.77. The van der Waals surface area contributed by atoms with Crippen molar-refractivity contribution < 1.29 is 4.74 Å². The Morgan fingerprint density at radius 2 is 2.11 bits per heavy atom. The van der Waals surface area contributed by atoms with Crippen molar-refractivity contribution in [3.05, 3.63) is 18.0 Å². The van der Waals surface area contributed by atoms with Crippen molar-refractivity contribution in [2.24, 2.45) is 0 Å². The summed E-state index contributed by atoms with van der Waals surface area (Å²) in [4.78, 5) is 10.8. The maximum absolute atomic E-state index is 4.97. The fourth-order valence-corrected chi connectivity index (χ4v) is 1.83. The maximum atomic E-state index is 4.97. The summed E-state index contributed by atoms with van der Waals surface area (Å²) >= 11 is 1.82. The molecule has 18 heavy (non-hydrogen) atoms. The predicted octanol–water partition coefficient (Wildman–Crippen LogP) is 1.01. The first-order valence-corrected chi connectivity index (χ1v) is 7.38. The van der Waals surface area contributed by atoms with Crippen LogP contribution in [0.25, 0.3) is 0 Å². The van der Waals surface area contributed by atoms with E-state index < -0.39 is 0 Å². The monoisotopic (exact) mass is 270 g/mol. The second-order valence-corrected chi connectivity index (χ2v) is 4.96. The van der Waals surface area contributed by atoms with Crippen molar-refractivity contribution in [3.8, 4) is 0 Å². The minimum atomic E-state index is 0.719. The largest absolute Gasteiger partial charge is 0.383 e. The van der Waals surface area contributed by atoms with Gasteiger partial charge in [0, 0.05) is 57.5 Å². The Bertz CT molecular complexity index is 320. The maximum Gasteiger partial charge on any atom is 0.225 e. The fraction of sp³-hybridized carbons (Fsp3) is 0.667. The number of nitrogens with zero attached hydrogens (tertiary/aromatic N) is 3. The van der Waals surface area contributed by atoms with Crippen LogP contribution >= 0.6 is 11.8 Å². The van der Waals surface area contributed by atoms with Crippen molar-refractivity contribution in [2.45, 2.75) is 6.54 Å². The molecule has 0 aromatic carbocycles. The van der Waals surface area contributed by atoms with E-state index in [1.807, 2.05) is 31.2 Å². The van der Waals surface area contributed by atoms with Gasteiger partial charge in [0.2, 0.25) is 5.95 Å². The predicted molar refractivity (Wildman–Crippen MR) is 77.3 cm³/mol. The topological polar surface area (TPSA) is 50.3 Å². The number of hydrogen-bond donors (Lipinski definition) is 1. The van der Waals surface area contributed by atoms with Crippen molar-refractivity contribution in [1.82, 2.24) is 15.3 Å². The van der Waals surface area contributed by atoms with E-state index in [1.165, 1.54) is 0 Å². The van der Waals surface area contributed by atoms with E-state index in [0.717, 1.165) is 43.5 Å². The van der Waals surface area contributed by atoms with Gasteiger partial charge in [0.15, 0.2) is 0 Å². The van der Waals surface area contributed by atoms with Crippen LogP contribution in [0.4, 0.5) is 5.95 Å². The highest BCUT2D eigenvalue weighted by Gasteiger charge is 2.03. The van der Waals surface area contributed by atoms with E-state index in [1.54, 1.807) is 7.11 Å². The Labute approximate surface area is 113 Å². The van der Waals surface area contributed by atoms with Gasteiger partial charge in [-0.15, -0.1) is 0 Å². The second-order valence-electron chi connectivity index (χ2n) is 3.98. The number of thioether (sulfide) groups is 1. The summed E-state index contributed by atoms with van der Waals surface area (Å²) in [6, 6.07) is 0. The van der Waals surface area contributed by atoms with E-state index in [2.05, 4.69) is 26.4 Å². The lowest BCUT2D eigenvalue weighted by molar-refractivity contribution is 0.199. The van der Waals surface area contributed by atoms with Crippen LogP contribution in [0.5, 0.6) is 0 Å². The van der Waals surface area contributed by atoms with Gasteiger partial charge >= 0.3 is 0 Å². The molecule has 0 atom stereocenters. The first-order valence-electron chi connectivity index (χ1n) is 5.98. The standard InChI is InChI=1S/C12H22N4OS/c1-16(5-7-18-3)12-14-9-11(10-15-12)8-13-4-6-17-2/h9-10,13H,4-8H2,1-3H3. The molecule has 6 heteroatoms. The Balaban J connectivity index is 2.37. The fourth-order valence-electron chi connectivity index (χ4n) is 1.37. The molecule has 0 fully saturated rings. The summed E-state index contributed by atoms with van der Waals surface area (Å²) in [5.74, 6) is 1.87. The molecule has 0 unspecified atom stereocenters. The first kappa shape index (κ1) is 15.2. The highest BCUT2D eigenvalue weighted by Crippen LogP contribution is 2.06. The molecule has 0 amide bonds. The van der Waals surface area contributed by atoms with Crippen LogP contribution in [0.2, 0.25) is 0 Å². The highest BCUT2D eigenvalue weighted by molar-refractivity contribution is 7.98. The molecule has 1 N–H and O–H groups in total. The summed E-state index contributed by atoms with van der Waals surface area (Å²) in [6.45, 7) is 3.30. The molecule has 0 aliphatic heterocycles. The van der Waals surface area contributed by atoms with Gasteiger partial charge in [-0.05, 0) is 6.26 Å². The molecule has 0 radical (unpaired) electrons. The minimum Gasteiger partial charge on any atom is -0.383 e. The van der Waals surface area contributed by atoms with Gasteiger partial charge in [0.1, 0.15) is 0 Å². The van der Waals surface area contributed by atoms with E-state index in [4.69, 9.17) is 4.74 Å². The van der Waals surface area contributed by atoms with Crippen LogP contribution in [0.3, 0.4) is 0 Å². The Hall–Kier alpha value is -0.850. The number of anilines is 1. The number of ether oxygens (including phenoxy) is 1. The molecule has 102 valence electrons. The average molecular weight is 270 g/mol. The molecule has 0 aliphatic carbocycles. The quantitative estimate of drug-likeness (QED) is 0.676. The van der Waals surface area contributed by atoms with Crippen LogP contribution in [0, 0.1) is 0 Å². The van der Waals surface area contributed by atoms with Crippen molar-refractivity contribution >= 4 is 17.7 Å². The van der Waals surface area contributed by atoms with Crippen molar-refractivity contribution in [2.75, 3.05) is 50.8 Å². The average Bonchev–Trinajstić information content (AvgIpc) is 2.41. The summed E-state index contributed by atoms with van der Waals surface area (Å²) < 4.78 is 4.97. The molecule has 1 aromatic heterocycles. The van der Waals surface area contributed by atoms with Gasteiger partial charge < -0.3 is 15.0 Å². The number of rotatable bonds is 9. The zero-order chi connectivity index (χ0) is 13.2. The number of hydrogen-bond acceptors (Lipinski definition) is 6. The summed E-state index contributed by atoms with van der Waals surface area (Å²) in [5, 5.41) is 3.26. The lowest BCUT2D eigenvalue weighted by atomic mass is 10.3. The normalized spacial score (nSPS) is 10.6. The molecule has 1 heterocycles. The van der Waals surface area contributed by atoms with E-state index in [-0.39, 0.29) is 0 Å². The molecule has 0 aliphatic rings. The Morgan fingerprint density at radius 3 is 2.72 bits per heavy atom. The number of aromatic nitrogens is 2. The molecule has 1 rings (SSSR count). The van der Waals surface area contributed by atoms with E-state index in [0.29, 0.717) is 0 Å². The van der Waals surface area contributed by atoms with Gasteiger partial charge in [-0.25, -0.2) is 9.97 Å². The van der Waals surface area contributed by atoms with Crippen molar-refractivity contribution in [1.29, 1.82) is 0 Å². The summed E-state index contributed by atoms with van der Waals surface area (Å²) in [5.41, 5.74) is 1.09. The van der Waals surface area contributed by atoms with Gasteiger partial charge in [-0.2, -0.15) is 11.8 Å². The van der Waals surface area contributed by atoms with Gasteiger partial charge in [0.25, 0.3) is 0 Å². The Morgan fingerprint density at radius 1 is 1.39 bits per heavy atom. The second kappa shape index (κ2) is 9.13. The van der Waals surface area contributed by atoms with Crippen molar-refractivity contribution in [3.63, 3.8) is 0 Å². The molecular formula is C12H22N4OS. The summed E-state index contributed by atoms with van der Waals surface area (Å²) in [6.07, 6.45) is 5.85. The van der Waals surface area contributed by atoms with Gasteiger partial charge in [-0.3, -0.25) is 0 Å². The van der Waals surface area contributed by atoms with E-state index in [9.17, 15) is 0 Å².